The number of halogens is 3. The molecule has 0 bridgehead atoms. The quantitative estimate of drug-likeness (QED) is 0.548. The van der Waals surface area contributed by atoms with Gasteiger partial charge in [0.05, 0.1) is 17.6 Å². The number of benzene rings is 1. The van der Waals surface area contributed by atoms with Crippen molar-refractivity contribution in [3.8, 4) is 0 Å². The Bertz CT molecular complexity index is 880. The van der Waals surface area contributed by atoms with Gasteiger partial charge in [0.15, 0.2) is 0 Å². The van der Waals surface area contributed by atoms with Gasteiger partial charge in [-0.3, -0.25) is 14.7 Å². The zero-order valence-corrected chi connectivity index (χ0v) is 14.4. The van der Waals surface area contributed by atoms with Crippen LogP contribution in [0.3, 0.4) is 0 Å². The van der Waals surface area contributed by atoms with Gasteiger partial charge in [0.2, 0.25) is 0 Å². The summed E-state index contributed by atoms with van der Waals surface area (Å²) in [4.78, 5) is 10.6. The minimum absolute atomic E-state index is 0.00355. The second kappa shape index (κ2) is 7.62. The van der Waals surface area contributed by atoms with E-state index >= 15 is 0 Å². The largest absolute Gasteiger partial charge is 0.480 e. The maximum absolute atomic E-state index is 13.5. The number of aromatic amines is 1. The van der Waals surface area contributed by atoms with Crippen LogP contribution in [0.5, 0.6) is 0 Å². The monoisotopic (exact) mass is 392 g/mol. The number of hydrogen-bond donors (Lipinski definition) is 4. The zero-order valence-electron chi connectivity index (χ0n) is 13.6. The number of nitrogens with zero attached hydrogens (tertiary/aromatic N) is 1. The summed E-state index contributed by atoms with van der Waals surface area (Å²) in [7, 11) is -3.37. The third kappa shape index (κ3) is 5.18. The van der Waals surface area contributed by atoms with Crippen LogP contribution >= 0.6 is 0 Å². The first-order chi connectivity index (χ1) is 12.0. The summed E-state index contributed by atoms with van der Waals surface area (Å²) in [5, 5.41) is 15.6. The van der Waals surface area contributed by atoms with Gasteiger partial charge in [0.1, 0.15) is 6.04 Å². The minimum Gasteiger partial charge on any atom is -0.480 e. The fourth-order valence-electron chi connectivity index (χ4n) is 2.55. The van der Waals surface area contributed by atoms with E-state index in [1.54, 1.807) is 0 Å². The van der Waals surface area contributed by atoms with Crippen LogP contribution < -0.4 is 5.73 Å². The molecule has 26 heavy (non-hydrogen) atoms. The third-order valence-corrected chi connectivity index (χ3v) is 5.86. The van der Waals surface area contributed by atoms with E-state index < -0.39 is 46.0 Å². The molecule has 0 saturated carbocycles. The summed E-state index contributed by atoms with van der Waals surface area (Å²) < 4.78 is 60.3. The molecule has 7 nitrogen and oxygen atoms in total. The lowest BCUT2D eigenvalue weighted by Crippen LogP contribution is -2.32. The second-order valence-electron chi connectivity index (χ2n) is 6.05. The van der Waals surface area contributed by atoms with E-state index in [4.69, 9.17) is 15.6 Å². The van der Waals surface area contributed by atoms with Crippen LogP contribution in [-0.2, 0) is 14.5 Å². The van der Waals surface area contributed by atoms with E-state index in [2.05, 4.69) is 10.2 Å². The molecule has 3 atom stereocenters. The normalized spacial score (nSPS) is 16.9. The van der Waals surface area contributed by atoms with Crippen LogP contribution in [-0.4, -0.2) is 49.2 Å². The molecule has 2 rings (SSSR count). The van der Waals surface area contributed by atoms with Crippen LogP contribution in [0.4, 0.5) is 13.2 Å². The van der Waals surface area contributed by atoms with Gasteiger partial charge in [-0.15, -0.1) is 0 Å². The third-order valence-electron chi connectivity index (χ3n) is 4.07. The molecule has 1 aromatic carbocycles. The average Bonchev–Trinajstić information content (AvgIpc) is 2.99. The van der Waals surface area contributed by atoms with Gasteiger partial charge < -0.3 is 10.8 Å². The van der Waals surface area contributed by atoms with E-state index in [1.165, 1.54) is 24.4 Å². The molecule has 0 radical (unpaired) electrons. The fraction of sp³-hybridized carbons (Fsp3) is 0.467. The number of nitrogens with one attached hydrogen (secondary N) is 2. The molecule has 2 aromatic rings. The molecule has 144 valence electrons. The standard InChI is InChI=1S/C15H19F3N4O3S/c16-15(17,18)11(9-1-2-13-10(7-9)8-21-22-13)3-5-26(20,25)6-4-12(19)14(23)24/h1-2,7-8,11-12,20H,3-6,19H2,(H,21,22)(H,23,24)/t11?,12-,26?/m0/s1. The van der Waals surface area contributed by atoms with Crippen LogP contribution in [0.25, 0.3) is 10.9 Å². The number of fused-ring (bicyclic) bond motifs is 1. The highest BCUT2D eigenvalue weighted by Crippen LogP contribution is 2.38. The summed E-state index contributed by atoms with van der Waals surface area (Å²) in [6.07, 6.45) is -3.91. The Morgan fingerprint density at radius 2 is 2.00 bits per heavy atom. The van der Waals surface area contributed by atoms with Crippen molar-refractivity contribution in [2.24, 2.45) is 5.73 Å². The van der Waals surface area contributed by atoms with Crippen molar-refractivity contribution < 1.29 is 27.3 Å². The molecule has 0 amide bonds. The van der Waals surface area contributed by atoms with Crippen LogP contribution in [0.15, 0.2) is 24.4 Å². The number of aliphatic carboxylic acids is 1. The van der Waals surface area contributed by atoms with Crippen molar-refractivity contribution in [1.82, 2.24) is 10.2 Å². The Kier molecular flexibility index (Phi) is 5.91. The number of carboxylic acid groups (broad SMARTS) is 1. The predicted molar refractivity (Wildman–Crippen MR) is 90.3 cm³/mol. The molecule has 0 aliphatic carbocycles. The lowest BCUT2D eigenvalue weighted by atomic mass is 9.95. The SMILES string of the molecule is N=S(=O)(CCC(c1ccc2[nH]ncc2c1)C(F)(F)F)CC[C@H](N)C(=O)O. The summed E-state index contributed by atoms with van der Waals surface area (Å²) >= 11 is 0. The van der Waals surface area contributed by atoms with E-state index in [9.17, 15) is 22.2 Å². The van der Waals surface area contributed by atoms with Gasteiger partial charge >= 0.3 is 12.1 Å². The number of nitrogens with two attached hydrogens (primary N) is 1. The summed E-state index contributed by atoms with van der Waals surface area (Å²) in [6.45, 7) is 0. The van der Waals surface area contributed by atoms with Gasteiger partial charge in [-0.05, 0) is 30.5 Å². The summed E-state index contributed by atoms with van der Waals surface area (Å²) in [5.74, 6) is -4.03. The maximum atomic E-state index is 13.5. The zero-order chi connectivity index (χ0) is 19.5. The number of alkyl halides is 3. The van der Waals surface area contributed by atoms with Crippen LogP contribution in [0.2, 0.25) is 0 Å². The van der Waals surface area contributed by atoms with Gasteiger partial charge in [0, 0.05) is 26.6 Å². The lowest BCUT2D eigenvalue weighted by Gasteiger charge is -2.21. The van der Waals surface area contributed by atoms with Gasteiger partial charge in [-0.1, -0.05) is 6.07 Å². The maximum Gasteiger partial charge on any atom is 0.395 e. The molecule has 5 N–H and O–H groups in total. The van der Waals surface area contributed by atoms with Gasteiger partial charge in [0.25, 0.3) is 0 Å². The molecule has 0 spiro atoms. The molecule has 2 unspecified atom stereocenters. The number of rotatable bonds is 8. The summed E-state index contributed by atoms with van der Waals surface area (Å²) in [5.41, 5.74) is 5.89. The first kappa shape index (κ1) is 20.2. The van der Waals surface area contributed by atoms with Crippen molar-refractivity contribution in [1.29, 1.82) is 4.78 Å². The van der Waals surface area contributed by atoms with Crippen molar-refractivity contribution in [3.63, 3.8) is 0 Å². The highest BCUT2D eigenvalue weighted by molar-refractivity contribution is 7.92. The topological polar surface area (TPSA) is 133 Å². The molecular formula is C15H19F3N4O3S. The minimum atomic E-state index is -4.57. The van der Waals surface area contributed by atoms with E-state index in [0.717, 1.165) is 0 Å². The molecular weight excluding hydrogens is 373 g/mol. The lowest BCUT2D eigenvalue weighted by molar-refractivity contribution is -0.150. The molecule has 0 aliphatic rings. The van der Waals surface area contributed by atoms with E-state index in [1.807, 2.05) is 0 Å². The Morgan fingerprint density at radius 1 is 1.35 bits per heavy atom. The van der Waals surface area contributed by atoms with E-state index in [0.29, 0.717) is 10.9 Å². The second-order valence-corrected chi connectivity index (χ2v) is 8.49. The first-order valence-electron chi connectivity index (χ1n) is 7.72. The molecule has 11 heteroatoms. The molecule has 1 heterocycles. The van der Waals surface area contributed by atoms with Crippen molar-refractivity contribution in [3.05, 3.63) is 30.0 Å². The van der Waals surface area contributed by atoms with Crippen LogP contribution in [0, 0.1) is 4.78 Å². The van der Waals surface area contributed by atoms with Gasteiger partial charge in [-0.25, -0.2) is 4.21 Å². The first-order valence-corrected chi connectivity index (χ1v) is 9.61. The Labute approximate surface area is 147 Å². The van der Waals surface area contributed by atoms with Crippen molar-refractivity contribution in [2.45, 2.75) is 31.0 Å². The fourth-order valence-corrected chi connectivity index (χ4v) is 4.00. The molecule has 0 aliphatic heterocycles. The van der Waals surface area contributed by atoms with Crippen molar-refractivity contribution in [2.75, 3.05) is 11.5 Å². The summed E-state index contributed by atoms with van der Waals surface area (Å²) in [6, 6.07) is 2.89. The number of H-pyrrole nitrogens is 1. The molecule has 0 saturated heterocycles. The predicted octanol–water partition coefficient (Wildman–Crippen LogP) is 2.45. The highest BCUT2D eigenvalue weighted by Gasteiger charge is 2.40. The van der Waals surface area contributed by atoms with Crippen molar-refractivity contribution >= 4 is 26.6 Å². The number of aromatic nitrogens is 2. The smallest absolute Gasteiger partial charge is 0.395 e. The number of carbonyl (C=O) groups is 1. The number of carboxylic acids is 1. The van der Waals surface area contributed by atoms with Gasteiger partial charge in [-0.2, -0.15) is 18.3 Å². The average molecular weight is 392 g/mol. The van der Waals surface area contributed by atoms with Crippen LogP contribution in [0.1, 0.15) is 24.3 Å². The number of hydrogen-bond acceptors (Lipinski definition) is 5. The molecule has 0 fully saturated rings. The Morgan fingerprint density at radius 3 is 2.62 bits per heavy atom. The highest BCUT2D eigenvalue weighted by atomic mass is 32.2. The van der Waals surface area contributed by atoms with E-state index in [-0.39, 0.29) is 17.7 Å². The Balaban J connectivity index is 2.12. The Hall–Kier alpha value is -2.14. The molecule has 1 aromatic heterocycles.